The summed E-state index contributed by atoms with van der Waals surface area (Å²) in [4.78, 5) is 35.3. The summed E-state index contributed by atoms with van der Waals surface area (Å²) >= 11 is 0. The Morgan fingerprint density at radius 3 is 2.89 bits per heavy atom. The Kier molecular flexibility index (Phi) is 2.98. The van der Waals surface area contributed by atoms with Gasteiger partial charge in [-0.2, -0.15) is 0 Å². The minimum Gasteiger partial charge on any atom is -0.372 e. The van der Waals surface area contributed by atoms with Crippen LogP contribution in [0.1, 0.15) is 12.0 Å². The molecule has 2 rings (SSSR count). The third-order valence-corrected chi connectivity index (χ3v) is 2.16. The second-order valence-electron chi connectivity index (χ2n) is 3.51. The number of aromatic amines is 1. The van der Waals surface area contributed by atoms with Crippen LogP contribution >= 0.6 is 0 Å². The van der Waals surface area contributed by atoms with Crippen molar-refractivity contribution in [3.63, 3.8) is 0 Å². The van der Waals surface area contributed by atoms with E-state index in [1.807, 2.05) is 0 Å². The fourth-order valence-electron chi connectivity index (χ4n) is 1.41. The van der Waals surface area contributed by atoms with Crippen LogP contribution in [-0.4, -0.2) is 10.9 Å². The van der Waals surface area contributed by atoms with Gasteiger partial charge in [0.05, 0.1) is 17.3 Å². The fraction of sp³-hybridized carbons (Fsp3) is 0.0833. The van der Waals surface area contributed by atoms with Crippen LogP contribution in [0.2, 0.25) is 0 Å². The number of aromatic nitrogens is 1. The summed E-state index contributed by atoms with van der Waals surface area (Å²) in [5, 5.41) is 0.223. The Morgan fingerprint density at radius 1 is 1.39 bits per heavy atom. The summed E-state index contributed by atoms with van der Waals surface area (Å²) in [5.41, 5.74) is 5.11. The maximum absolute atomic E-state index is 11.4. The van der Waals surface area contributed by atoms with Crippen molar-refractivity contribution < 1.29 is 9.21 Å². The average Bonchev–Trinajstić information content (AvgIpc) is 2.29. The number of H-pyrrole nitrogens is 1. The molecule has 90 valence electrons. The number of carbonyl (C=O) groups excluding carboxylic acids is 1. The number of nitrogens with two attached hydrogens (primary N) is 1. The highest BCUT2D eigenvalue weighted by Crippen LogP contribution is 2.07. The number of amides is 1. The van der Waals surface area contributed by atoms with Crippen LogP contribution in [0.5, 0.6) is 0 Å². The largest absolute Gasteiger partial charge is 0.419 e. The minimum absolute atomic E-state index is 0.0573. The van der Waals surface area contributed by atoms with Gasteiger partial charge in [-0.3, -0.25) is 9.78 Å². The molecule has 0 aliphatic rings. The molecule has 2 aromatic rings. The van der Waals surface area contributed by atoms with E-state index in [2.05, 4.69) is 21.2 Å². The van der Waals surface area contributed by atoms with Gasteiger partial charge in [0.1, 0.15) is 0 Å². The van der Waals surface area contributed by atoms with Gasteiger partial charge >= 0.3 is 11.4 Å². The Morgan fingerprint density at radius 2 is 2.17 bits per heavy atom. The van der Waals surface area contributed by atoms with Gasteiger partial charge in [0.2, 0.25) is 5.91 Å². The normalized spacial score (nSPS) is 9.78. The van der Waals surface area contributed by atoms with Crippen LogP contribution in [0.25, 0.3) is 10.9 Å². The Labute approximate surface area is 100 Å². The summed E-state index contributed by atoms with van der Waals surface area (Å²) in [6, 6.07) is 4.64. The summed E-state index contributed by atoms with van der Waals surface area (Å²) < 4.78 is 4.40. The highest BCUT2D eigenvalue weighted by molar-refractivity contribution is 5.79. The molecule has 0 fully saturated rings. The van der Waals surface area contributed by atoms with Crippen molar-refractivity contribution in [2.45, 2.75) is 6.42 Å². The molecule has 0 aliphatic carbocycles. The monoisotopic (exact) mass is 244 g/mol. The second-order valence-corrected chi connectivity index (χ2v) is 3.51. The van der Waals surface area contributed by atoms with Crippen LogP contribution in [0, 0.1) is 11.8 Å². The molecule has 6 nitrogen and oxygen atoms in total. The van der Waals surface area contributed by atoms with E-state index < -0.39 is 17.3 Å². The van der Waals surface area contributed by atoms with Gasteiger partial charge in [0.15, 0.2) is 0 Å². The summed E-state index contributed by atoms with van der Waals surface area (Å²) in [6.07, 6.45) is -0.0573. The van der Waals surface area contributed by atoms with E-state index in [4.69, 9.17) is 5.73 Å². The number of benzene rings is 1. The lowest BCUT2D eigenvalue weighted by molar-refractivity contribution is -0.117. The lowest BCUT2D eigenvalue weighted by atomic mass is 10.1. The molecular formula is C12H8N2O4. The molecular weight excluding hydrogens is 236 g/mol. The topological polar surface area (TPSA) is 106 Å². The van der Waals surface area contributed by atoms with Crippen molar-refractivity contribution in [3.8, 4) is 11.8 Å². The second kappa shape index (κ2) is 4.59. The van der Waals surface area contributed by atoms with E-state index in [1.165, 1.54) is 6.07 Å². The molecule has 18 heavy (non-hydrogen) atoms. The third kappa shape index (κ3) is 2.47. The van der Waals surface area contributed by atoms with E-state index in [1.54, 1.807) is 12.1 Å². The molecule has 0 spiro atoms. The summed E-state index contributed by atoms with van der Waals surface area (Å²) in [5.74, 6) is 3.93. The van der Waals surface area contributed by atoms with Gasteiger partial charge in [0.25, 0.3) is 0 Å². The van der Waals surface area contributed by atoms with Crippen molar-refractivity contribution in [1.29, 1.82) is 0 Å². The lowest BCUT2D eigenvalue weighted by Crippen LogP contribution is -2.14. The molecule has 0 saturated carbocycles. The van der Waals surface area contributed by atoms with E-state index in [0.29, 0.717) is 11.1 Å². The van der Waals surface area contributed by atoms with Gasteiger partial charge in [-0.05, 0) is 18.2 Å². The highest BCUT2D eigenvalue weighted by Gasteiger charge is 2.02. The zero-order chi connectivity index (χ0) is 13.1. The first-order valence-corrected chi connectivity index (χ1v) is 5.00. The molecule has 6 heteroatoms. The van der Waals surface area contributed by atoms with Crippen LogP contribution in [0.4, 0.5) is 0 Å². The summed E-state index contributed by atoms with van der Waals surface area (Å²) in [7, 11) is 0. The molecule has 1 aromatic heterocycles. The highest BCUT2D eigenvalue weighted by atomic mass is 16.4. The molecule has 0 atom stereocenters. The van der Waals surface area contributed by atoms with Crippen LogP contribution in [0.15, 0.2) is 32.2 Å². The Balaban J connectivity index is 2.50. The molecule has 3 N–H and O–H groups in total. The van der Waals surface area contributed by atoms with Gasteiger partial charge < -0.3 is 10.2 Å². The first-order chi connectivity index (χ1) is 8.56. The van der Waals surface area contributed by atoms with Crippen molar-refractivity contribution in [2.75, 3.05) is 0 Å². The SMILES string of the molecule is NC(=O)CC#Cc1ccc2[nH]c(=O)oc(=O)c2c1. The Bertz CT molecular complexity index is 789. The van der Waals surface area contributed by atoms with E-state index in [0.717, 1.165) is 0 Å². The summed E-state index contributed by atoms with van der Waals surface area (Å²) in [6.45, 7) is 0. The fourth-order valence-corrected chi connectivity index (χ4v) is 1.41. The van der Waals surface area contributed by atoms with Crippen LogP contribution in [0.3, 0.4) is 0 Å². The molecule has 0 aliphatic heterocycles. The average molecular weight is 244 g/mol. The lowest BCUT2D eigenvalue weighted by Gasteiger charge is -1.95. The molecule has 0 saturated heterocycles. The van der Waals surface area contributed by atoms with Gasteiger partial charge in [0, 0.05) is 5.56 Å². The zero-order valence-corrected chi connectivity index (χ0v) is 9.15. The van der Waals surface area contributed by atoms with Crippen LogP contribution in [-0.2, 0) is 4.79 Å². The van der Waals surface area contributed by atoms with Crippen molar-refractivity contribution in [3.05, 3.63) is 44.7 Å². The molecule has 0 bridgehead atoms. The van der Waals surface area contributed by atoms with E-state index in [9.17, 15) is 14.4 Å². The van der Waals surface area contributed by atoms with E-state index in [-0.39, 0.29) is 11.8 Å². The van der Waals surface area contributed by atoms with Crippen molar-refractivity contribution in [2.24, 2.45) is 5.73 Å². The number of rotatable bonds is 1. The zero-order valence-electron chi connectivity index (χ0n) is 9.15. The molecule has 1 heterocycles. The van der Waals surface area contributed by atoms with Crippen molar-refractivity contribution >= 4 is 16.8 Å². The maximum atomic E-state index is 11.4. The van der Waals surface area contributed by atoms with Gasteiger partial charge in [-0.15, -0.1) is 0 Å². The molecule has 1 aromatic carbocycles. The number of hydrogen-bond donors (Lipinski definition) is 2. The first-order valence-electron chi connectivity index (χ1n) is 5.00. The van der Waals surface area contributed by atoms with Gasteiger partial charge in [-0.25, -0.2) is 9.59 Å². The number of hydrogen-bond acceptors (Lipinski definition) is 4. The number of carbonyl (C=O) groups is 1. The number of nitrogens with one attached hydrogen (secondary N) is 1. The quantitative estimate of drug-likeness (QED) is 0.672. The van der Waals surface area contributed by atoms with E-state index >= 15 is 0 Å². The molecule has 0 radical (unpaired) electrons. The van der Waals surface area contributed by atoms with Crippen molar-refractivity contribution in [1.82, 2.24) is 4.98 Å². The van der Waals surface area contributed by atoms with Crippen LogP contribution < -0.4 is 17.1 Å². The molecule has 1 amide bonds. The number of fused-ring (bicyclic) bond motifs is 1. The third-order valence-electron chi connectivity index (χ3n) is 2.16. The van der Waals surface area contributed by atoms with Gasteiger partial charge in [-0.1, -0.05) is 11.8 Å². The standard InChI is InChI=1S/C12H8N2O4/c13-10(15)3-1-2-7-4-5-9-8(6-7)11(16)18-12(17)14-9/h4-6H,3H2,(H2,13,15)(H,14,17). The smallest absolute Gasteiger partial charge is 0.372 e. The minimum atomic E-state index is -0.805. The first kappa shape index (κ1) is 11.7. The maximum Gasteiger partial charge on any atom is 0.419 e. The Hall–Kier alpha value is -2.81. The number of primary amides is 1. The predicted octanol–water partition coefficient (Wildman–Crippen LogP) is -0.292. The molecule has 0 unspecified atom stereocenters. The predicted molar refractivity (Wildman–Crippen MR) is 63.8 cm³/mol.